The average molecular weight is 1060 g/mol. The molecule has 5 N–H and O–H groups in total. The Labute approximate surface area is 392 Å². The molecule has 0 spiro atoms. The molecule has 0 bridgehead atoms. The molecule has 6 aromatic rings. The summed E-state index contributed by atoms with van der Waals surface area (Å²) in [5.41, 5.74) is 16.1. The van der Waals surface area contributed by atoms with Crippen LogP contribution in [0.15, 0.2) is 158 Å². The van der Waals surface area contributed by atoms with Crippen molar-refractivity contribution < 1.29 is 24.9 Å². The first-order valence-corrected chi connectivity index (χ1v) is 27.5. The van der Waals surface area contributed by atoms with E-state index < -0.39 is 12.1 Å². The summed E-state index contributed by atoms with van der Waals surface area (Å²) in [6.07, 6.45) is 8.50. The minimum absolute atomic E-state index is 0. The molecule has 0 heterocycles. The summed E-state index contributed by atoms with van der Waals surface area (Å²) in [5, 5.41) is 28.9. The van der Waals surface area contributed by atoms with Crippen molar-refractivity contribution in [3.05, 3.63) is 191 Å². The molecule has 6 aromatic carbocycles. The number of aliphatic hydroxyl groups excluding tert-OH is 2. The van der Waals surface area contributed by atoms with E-state index in [1.54, 1.807) is 12.1 Å². The smallest absolute Gasteiger partial charge is 0.336 e. The van der Waals surface area contributed by atoms with Crippen LogP contribution in [-0.2, 0) is 25.7 Å². The molecule has 0 saturated heterocycles. The molecular formula is C54H61I2NO5. The summed E-state index contributed by atoms with van der Waals surface area (Å²) in [6, 6.07) is 51.6. The lowest BCUT2D eigenvalue weighted by atomic mass is 9.93. The van der Waals surface area contributed by atoms with E-state index >= 15 is 0 Å². The van der Waals surface area contributed by atoms with Gasteiger partial charge in [-0.3, -0.25) is 4.79 Å². The van der Waals surface area contributed by atoms with Gasteiger partial charge in [0.25, 0.3) is 0 Å². The molecule has 2 unspecified atom stereocenters. The fourth-order valence-electron chi connectivity index (χ4n) is 8.39. The van der Waals surface area contributed by atoms with Crippen molar-refractivity contribution in [2.75, 3.05) is 6.54 Å². The van der Waals surface area contributed by atoms with Gasteiger partial charge in [-0.2, -0.15) is 0 Å². The van der Waals surface area contributed by atoms with Gasteiger partial charge < -0.3 is 21.1 Å². The number of benzene rings is 6. The zero-order chi connectivity index (χ0) is 43.4. The van der Waals surface area contributed by atoms with Gasteiger partial charge in [-0.15, -0.1) is 0 Å². The normalized spacial score (nSPS) is 13.6. The van der Waals surface area contributed by atoms with Gasteiger partial charge in [-0.1, -0.05) is 159 Å². The van der Waals surface area contributed by atoms with Gasteiger partial charge in [-0.05, 0) is 120 Å². The Morgan fingerprint density at radius 3 is 1.29 bits per heavy atom. The van der Waals surface area contributed by atoms with Crippen LogP contribution in [0.25, 0.3) is 22.3 Å². The summed E-state index contributed by atoms with van der Waals surface area (Å²) >= 11 is 4.24. The number of nitrogens with two attached hydrogens (primary N) is 1. The third-order valence-electron chi connectivity index (χ3n) is 11.6. The number of carbonyl (C=O) groups excluding carboxylic acids is 1. The van der Waals surface area contributed by atoms with Crippen molar-refractivity contribution in [1.29, 1.82) is 0 Å². The Kier molecular flexibility index (Phi) is 22.0. The van der Waals surface area contributed by atoms with E-state index in [1.165, 1.54) is 35.1 Å². The van der Waals surface area contributed by atoms with Crippen LogP contribution in [-0.4, -0.2) is 45.8 Å². The van der Waals surface area contributed by atoms with Crippen LogP contribution in [0, 0.1) is 11.8 Å². The largest absolute Gasteiger partial charge is 0.478 e. The van der Waals surface area contributed by atoms with Gasteiger partial charge in [0, 0.05) is 55.8 Å². The molecule has 8 rings (SSSR count). The monoisotopic (exact) mass is 1060 g/mol. The zero-order valence-electron chi connectivity index (χ0n) is 34.6. The quantitative estimate of drug-likeness (QED) is 0.0637. The highest BCUT2D eigenvalue weighted by molar-refractivity contribution is 15.0. The molecule has 2 atom stereocenters. The van der Waals surface area contributed by atoms with Crippen LogP contribution in [0.4, 0.5) is 0 Å². The van der Waals surface area contributed by atoms with Crippen LogP contribution in [0.1, 0.15) is 88.9 Å². The third kappa shape index (κ3) is 15.3. The second-order valence-electron chi connectivity index (χ2n) is 15.9. The van der Waals surface area contributed by atoms with Gasteiger partial charge in [0.1, 0.15) is 0 Å². The Morgan fingerprint density at radius 2 is 0.871 bits per heavy atom. The summed E-state index contributed by atoms with van der Waals surface area (Å²) in [4.78, 5) is 23.8. The number of carboxylic acids is 1. The second-order valence-corrected chi connectivity index (χ2v) is 15.9. The number of hydrogen-bond donors (Lipinski definition) is 4. The van der Waals surface area contributed by atoms with Crippen LogP contribution in [0.2, 0.25) is 0 Å². The zero-order valence-corrected chi connectivity index (χ0v) is 38.9. The molecule has 6 nitrogen and oxygen atoms in total. The summed E-state index contributed by atoms with van der Waals surface area (Å²) in [6.45, 7) is 0.389. The fraction of sp³-hybridized carbons (Fsp3) is 0.296. The van der Waals surface area contributed by atoms with E-state index in [0.29, 0.717) is 36.8 Å². The molecule has 0 radical (unpaired) electrons. The Balaban J connectivity index is 0.000000217. The summed E-state index contributed by atoms with van der Waals surface area (Å²) < 4.78 is 0. The second kappa shape index (κ2) is 27.1. The molecule has 0 saturated carbocycles. The van der Waals surface area contributed by atoms with Crippen LogP contribution in [0.3, 0.4) is 0 Å². The maximum absolute atomic E-state index is 12.8. The lowest BCUT2D eigenvalue weighted by Crippen LogP contribution is -2.20. The van der Waals surface area contributed by atoms with Crippen LogP contribution >= 0.6 is 37.2 Å². The molecule has 0 aromatic heterocycles. The Morgan fingerprint density at radius 1 is 0.516 bits per heavy atom. The standard InChI is InChI=1S/C27H28O2.C13H19NO.C13H10O2.CH4.I2/c28-24(15-14-20-18-22-10-4-5-11-23(22)19-20)16-17-27(29)26-13-7-6-12-25(26)21-8-2-1-3-9-21;14-9-13(15)6-5-10-7-11-3-1-2-4-12(11)8-10;14-13(15)12-9-5-4-8-11(12)10-6-2-1-3-7-10;;1-2/h1-13,20,24,28H,14-19H2;1-4,10,13,15H,5-9,14H2;1-9H,(H,14,15);1H4;. The molecule has 0 amide bonds. The van der Waals surface area contributed by atoms with Gasteiger partial charge in [0.15, 0.2) is 5.78 Å². The SMILES string of the molecule is C.II.NCC(O)CCC1Cc2ccccc2C1.O=C(CCC(O)CCC1Cc2ccccc2C1)c1ccccc1-c1ccccc1.O=C(O)c1ccccc1-c1ccccc1. The summed E-state index contributed by atoms with van der Waals surface area (Å²) in [5.74, 6) is 0.548. The molecule has 2 aliphatic rings. The first-order valence-electron chi connectivity index (χ1n) is 21.2. The number of Topliss-reactive ketones (excluding diaryl/α,β-unsaturated/α-hetero) is 1. The van der Waals surface area contributed by atoms with Crippen LogP contribution in [0.5, 0.6) is 0 Å². The molecule has 2 aliphatic carbocycles. The highest BCUT2D eigenvalue weighted by atomic mass is 128. The molecule has 326 valence electrons. The van der Waals surface area contributed by atoms with E-state index in [0.717, 1.165) is 66.3 Å². The number of hydrogen-bond acceptors (Lipinski definition) is 5. The minimum Gasteiger partial charge on any atom is -0.478 e. The number of aliphatic hydroxyl groups is 2. The van der Waals surface area contributed by atoms with Crippen molar-refractivity contribution in [3.8, 4) is 22.3 Å². The van der Waals surface area contributed by atoms with Gasteiger partial charge >= 0.3 is 5.97 Å². The molecule has 8 heteroatoms. The highest BCUT2D eigenvalue weighted by Gasteiger charge is 2.23. The lowest BCUT2D eigenvalue weighted by Gasteiger charge is -2.14. The number of carbonyl (C=O) groups is 2. The molecule has 62 heavy (non-hydrogen) atoms. The van der Waals surface area contributed by atoms with Crippen molar-refractivity contribution in [1.82, 2.24) is 0 Å². The van der Waals surface area contributed by atoms with E-state index in [4.69, 9.17) is 10.8 Å². The van der Waals surface area contributed by atoms with Crippen LogP contribution < -0.4 is 5.73 Å². The van der Waals surface area contributed by atoms with Crippen molar-refractivity contribution in [2.45, 2.75) is 83.8 Å². The van der Waals surface area contributed by atoms with E-state index in [9.17, 15) is 19.8 Å². The first-order chi connectivity index (χ1) is 29.8. The third-order valence-corrected chi connectivity index (χ3v) is 11.6. The maximum Gasteiger partial charge on any atom is 0.336 e. The Bertz CT molecular complexity index is 2200. The molecule has 0 fully saturated rings. The predicted molar refractivity (Wildman–Crippen MR) is 273 cm³/mol. The van der Waals surface area contributed by atoms with E-state index in [2.05, 4.69) is 85.8 Å². The first kappa shape index (κ1) is 50.4. The topological polar surface area (TPSA) is 121 Å². The van der Waals surface area contributed by atoms with Crippen molar-refractivity contribution in [3.63, 3.8) is 0 Å². The predicted octanol–water partition coefficient (Wildman–Crippen LogP) is 12.8. The number of fused-ring (bicyclic) bond motifs is 2. The lowest BCUT2D eigenvalue weighted by molar-refractivity contribution is 0.0697. The van der Waals surface area contributed by atoms with Crippen molar-refractivity contribution in [2.24, 2.45) is 17.6 Å². The van der Waals surface area contributed by atoms with Crippen molar-refractivity contribution >= 4 is 49.0 Å². The fourth-order valence-corrected chi connectivity index (χ4v) is 8.39. The number of carboxylic acid groups (broad SMARTS) is 1. The number of ketones is 1. The molecule has 0 aliphatic heterocycles. The number of halogens is 2. The molecular weight excluding hydrogens is 996 g/mol. The Hall–Kier alpha value is -4.20. The minimum atomic E-state index is -0.894. The van der Waals surface area contributed by atoms with Gasteiger partial charge in [-0.25, -0.2) is 4.79 Å². The van der Waals surface area contributed by atoms with Gasteiger partial charge in [0.05, 0.1) is 17.8 Å². The van der Waals surface area contributed by atoms with E-state index in [1.807, 2.05) is 97.1 Å². The van der Waals surface area contributed by atoms with Gasteiger partial charge in [0.2, 0.25) is 0 Å². The summed E-state index contributed by atoms with van der Waals surface area (Å²) in [7, 11) is 0. The van der Waals surface area contributed by atoms with E-state index in [-0.39, 0.29) is 19.3 Å². The number of rotatable bonds is 14. The number of aromatic carboxylic acids is 1. The maximum atomic E-state index is 12.8. The highest BCUT2D eigenvalue weighted by Crippen LogP contribution is 2.32. The average Bonchev–Trinajstić information content (AvgIpc) is 3.95.